The number of anilines is 1. The minimum absolute atomic E-state index is 0. The van der Waals surface area contributed by atoms with E-state index in [1.807, 2.05) is 24.0 Å². The van der Waals surface area contributed by atoms with Gasteiger partial charge in [-0.2, -0.15) is 0 Å². The van der Waals surface area contributed by atoms with Crippen molar-refractivity contribution in [1.82, 2.24) is 4.90 Å². The number of fused-ring (bicyclic) bond motifs is 1. The molecular weight excluding hydrogens is 458 g/mol. The first kappa shape index (κ1) is 25.5. The van der Waals surface area contributed by atoms with Gasteiger partial charge in [-0.25, -0.2) is 0 Å². The molecule has 2 heterocycles. The smallest absolute Gasteiger partial charge is 0.306 e. The number of carboxylic acid groups (broad SMARTS) is 1. The number of hydrogen-bond donors (Lipinski definition) is 3. The second kappa shape index (κ2) is 11.4. The summed E-state index contributed by atoms with van der Waals surface area (Å²) in [6, 6.07) is 12.5. The molecule has 0 saturated carbocycles. The SMILES string of the molecule is CC[C@H](C(=O)O)C1COc2ccc(NC(=O)c3ccc(C(=N)N4CCOCC4)cc3)cc2C1.Cl. The van der Waals surface area contributed by atoms with Crippen molar-refractivity contribution in [3.63, 3.8) is 0 Å². The summed E-state index contributed by atoms with van der Waals surface area (Å²) in [6.07, 6.45) is 1.15. The number of carbonyl (C=O) groups is 2. The zero-order valence-electron chi connectivity index (χ0n) is 19.1. The summed E-state index contributed by atoms with van der Waals surface area (Å²) in [7, 11) is 0. The summed E-state index contributed by atoms with van der Waals surface area (Å²) in [4.78, 5) is 26.3. The Morgan fingerprint density at radius 1 is 1.15 bits per heavy atom. The Kier molecular flexibility index (Phi) is 8.52. The van der Waals surface area contributed by atoms with Crippen LogP contribution in [0.25, 0.3) is 0 Å². The molecule has 0 aromatic heterocycles. The third-order valence-electron chi connectivity index (χ3n) is 6.33. The van der Waals surface area contributed by atoms with E-state index in [9.17, 15) is 14.7 Å². The molecule has 2 atom stereocenters. The number of carboxylic acids is 1. The van der Waals surface area contributed by atoms with Crippen LogP contribution in [0.5, 0.6) is 5.75 Å². The summed E-state index contributed by atoms with van der Waals surface area (Å²) < 4.78 is 11.1. The predicted octanol–water partition coefficient (Wildman–Crippen LogP) is 3.68. The minimum atomic E-state index is -0.802. The van der Waals surface area contributed by atoms with Crippen LogP contribution in [0.1, 0.15) is 34.8 Å². The summed E-state index contributed by atoms with van der Waals surface area (Å²) in [5, 5.41) is 20.8. The lowest BCUT2D eigenvalue weighted by Crippen LogP contribution is -2.40. The molecule has 8 nitrogen and oxygen atoms in total. The monoisotopic (exact) mass is 487 g/mol. The maximum absolute atomic E-state index is 12.8. The van der Waals surface area contributed by atoms with Gasteiger partial charge in [-0.15, -0.1) is 12.4 Å². The van der Waals surface area contributed by atoms with E-state index in [1.54, 1.807) is 30.3 Å². The van der Waals surface area contributed by atoms with E-state index in [2.05, 4.69) is 5.32 Å². The first-order chi connectivity index (χ1) is 16.0. The molecule has 182 valence electrons. The second-order valence-electron chi connectivity index (χ2n) is 8.43. The van der Waals surface area contributed by atoms with Gasteiger partial charge < -0.3 is 24.8 Å². The second-order valence-corrected chi connectivity index (χ2v) is 8.43. The van der Waals surface area contributed by atoms with Gasteiger partial charge in [-0.05, 0) is 48.7 Å². The highest BCUT2D eigenvalue weighted by atomic mass is 35.5. The molecule has 9 heteroatoms. The van der Waals surface area contributed by atoms with E-state index in [0.717, 1.165) is 16.9 Å². The van der Waals surface area contributed by atoms with Gasteiger partial charge >= 0.3 is 5.97 Å². The van der Waals surface area contributed by atoms with Gasteiger partial charge in [0.15, 0.2) is 0 Å². The normalized spacial score (nSPS) is 18.0. The Hall–Kier alpha value is -3.10. The lowest BCUT2D eigenvalue weighted by molar-refractivity contribution is -0.144. The minimum Gasteiger partial charge on any atom is -0.493 e. The highest BCUT2D eigenvalue weighted by Gasteiger charge is 2.31. The molecule has 1 fully saturated rings. The lowest BCUT2D eigenvalue weighted by atomic mass is 9.84. The van der Waals surface area contributed by atoms with E-state index in [0.29, 0.717) is 62.8 Å². The number of amides is 1. The maximum Gasteiger partial charge on any atom is 0.306 e. The van der Waals surface area contributed by atoms with Crippen molar-refractivity contribution in [2.24, 2.45) is 11.8 Å². The number of rotatable bonds is 6. The number of nitrogens with zero attached hydrogens (tertiary/aromatic N) is 1. The van der Waals surface area contributed by atoms with Crippen LogP contribution in [-0.4, -0.2) is 60.6 Å². The van der Waals surface area contributed by atoms with Crippen LogP contribution in [0.4, 0.5) is 5.69 Å². The summed E-state index contributed by atoms with van der Waals surface area (Å²) in [5.74, 6) is -0.433. The largest absolute Gasteiger partial charge is 0.493 e. The van der Waals surface area contributed by atoms with Gasteiger partial charge in [0, 0.05) is 35.8 Å². The first-order valence-electron chi connectivity index (χ1n) is 11.3. The van der Waals surface area contributed by atoms with Crippen molar-refractivity contribution < 1.29 is 24.2 Å². The van der Waals surface area contributed by atoms with Crippen molar-refractivity contribution in [3.05, 3.63) is 59.2 Å². The Morgan fingerprint density at radius 3 is 2.47 bits per heavy atom. The molecule has 1 saturated heterocycles. The molecule has 0 spiro atoms. The summed E-state index contributed by atoms with van der Waals surface area (Å²) in [6.45, 7) is 4.87. The van der Waals surface area contributed by atoms with Gasteiger partial charge in [0.05, 0.1) is 25.7 Å². The van der Waals surface area contributed by atoms with Gasteiger partial charge in [0.2, 0.25) is 0 Å². The molecule has 4 rings (SSSR count). The molecule has 3 N–H and O–H groups in total. The number of aliphatic carboxylic acids is 1. The van der Waals surface area contributed by atoms with Crippen molar-refractivity contribution in [1.29, 1.82) is 5.41 Å². The maximum atomic E-state index is 12.8. The van der Waals surface area contributed by atoms with Gasteiger partial charge in [0.1, 0.15) is 11.6 Å². The summed E-state index contributed by atoms with van der Waals surface area (Å²) in [5.41, 5.74) is 2.79. The van der Waals surface area contributed by atoms with Crippen LogP contribution in [0.2, 0.25) is 0 Å². The van der Waals surface area contributed by atoms with Crippen LogP contribution < -0.4 is 10.1 Å². The fourth-order valence-electron chi connectivity index (χ4n) is 4.42. The van der Waals surface area contributed by atoms with Crippen molar-refractivity contribution in [2.45, 2.75) is 19.8 Å². The Balaban J connectivity index is 0.00000324. The van der Waals surface area contributed by atoms with Crippen molar-refractivity contribution in [2.75, 3.05) is 38.2 Å². The van der Waals surface area contributed by atoms with E-state index in [4.69, 9.17) is 14.9 Å². The fourth-order valence-corrected chi connectivity index (χ4v) is 4.42. The predicted molar refractivity (Wildman–Crippen MR) is 131 cm³/mol. The van der Waals surface area contributed by atoms with Crippen LogP contribution in [0, 0.1) is 17.2 Å². The highest BCUT2D eigenvalue weighted by molar-refractivity contribution is 6.05. The molecule has 2 aromatic rings. The number of benzene rings is 2. The van der Waals surface area contributed by atoms with E-state index < -0.39 is 11.9 Å². The molecule has 2 aliphatic heterocycles. The zero-order chi connectivity index (χ0) is 23.4. The Labute approximate surface area is 205 Å². The van der Waals surface area contributed by atoms with E-state index in [-0.39, 0.29) is 24.2 Å². The number of ether oxygens (including phenoxy) is 2. The summed E-state index contributed by atoms with van der Waals surface area (Å²) >= 11 is 0. The van der Waals surface area contributed by atoms with Gasteiger partial charge in [-0.3, -0.25) is 15.0 Å². The lowest BCUT2D eigenvalue weighted by Gasteiger charge is -2.29. The molecule has 2 aliphatic rings. The molecular formula is C25H30ClN3O5. The molecule has 2 aromatic carbocycles. The average Bonchev–Trinajstić information content (AvgIpc) is 2.84. The number of nitrogens with one attached hydrogen (secondary N) is 2. The fraction of sp³-hybridized carbons (Fsp3) is 0.400. The third-order valence-corrected chi connectivity index (χ3v) is 6.33. The standard InChI is InChI=1S/C25H29N3O5.ClH/c1-2-21(25(30)31)19-13-18-14-20(7-8-22(18)33-15-19)27-24(29)17-5-3-16(4-6-17)23(26)28-9-11-32-12-10-28;/h3-8,14,19,21,26H,2,9-13,15H2,1H3,(H,27,29)(H,30,31);1H/t19?,21-;/m0./s1. The first-order valence-corrected chi connectivity index (χ1v) is 11.3. The Morgan fingerprint density at radius 2 is 1.82 bits per heavy atom. The van der Waals surface area contributed by atoms with Gasteiger partial charge in [0.25, 0.3) is 5.91 Å². The Bertz CT molecular complexity index is 1040. The van der Waals surface area contributed by atoms with Crippen LogP contribution in [0.3, 0.4) is 0 Å². The number of halogens is 1. The van der Waals surface area contributed by atoms with Crippen LogP contribution in [-0.2, 0) is 16.0 Å². The number of hydrogen-bond acceptors (Lipinski definition) is 5. The zero-order valence-corrected chi connectivity index (χ0v) is 19.9. The highest BCUT2D eigenvalue weighted by Crippen LogP contribution is 2.33. The van der Waals surface area contributed by atoms with E-state index >= 15 is 0 Å². The van der Waals surface area contributed by atoms with Crippen molar-refractivity contribution in [3.8, 4) is 5.75 Å². The van der Waals surface area contributed by atoms with E-state index in [1.165, 1.54) is 0 Å². The van der Waals surface area contributed by atoms with Crippen molar-refractivity contribution >= 4 is 35.8 Å². The molecule has 0 aliphatic carbocycles. The number of amidine groups is 1. The number of morpholine rings is 1. The third kappa shape index (κ3) is 5.69. The molecule has 1 amide bonds. The molecule has 34 heavy (non-hydrogen) atoms. The van der Waals surface area contributed by atoms with Crippen LogP contribution in [0.15, 0.2) is 42.5 Å². The topological polar surface area (TPSA) is 112 Å². The number of carbonyl (C=O) groups excluding carboxylic acids is 1. The quantitative estimate of drug-likeness (QED) is 0.423. The molecule has 1 unspecified atom stereocenters. The van der Waals surface area contributed by atoms with Gasteiger partial charge in [-0.1, -0.05) is 19.1 Å². The molecule has 0 radical (unpaired) electrons. The average molecular weight is 488 g/mol. The molecule has 0 bridgehead atoms. The van der Waals surface area contributed by atoms with Crippen LogP contribution >= 0.6 is 12.4 Å².